The molecule has 7 heteroatoms. The SMILES string of the molecule is CC(c1ccccc1)[n+]1cc[nH]c1.F[B-](F)(F)F. The van der Waals surface area contributed by atoms with Gasteiger partial charge in [-0.2, -0.15) is 0 Å². The maximum Gasteiger partial charge on any atom is 0.673 e. The lowest BCUT2D eigenvalue weighted by Crippen LogP contribution is -2.35. The molecule has 2 rings (SSSR count). The van der Waals surface area contributed by atoms with E-state index in [1.807, 2.05) is 24.8 Å². The molecule has 0 fully saturated rings. The largest absolute Gasteiger partial charge is 0.673 e. The van der Waals surface area contributed by atoms with E-state index in [0.717, 1.165) is 0 Å². The highest BCUT2D eigenvalue weighted by molar-refractivity contribution is 6.50. The van der Waals surface area contributed by atoms with Crippen molar-refractivity contribution in [1.29, 1.82) is 0 Å². The monoisotopic (exact) mass is 260 g/mol. The second-order valence-electron chi connectivity index (χ2n) is 3.64. The van der Waals surface area contributed by atoms with Gasteiger partial charge in [0.25, 0.3) is 0 Å². The molecule has 0 bridgehead atoms. The van der Waals surface area contributed by atoms with Gasteiger partial charge in [-0.1, -0.05) is 30.3 Å². The predicted molar refractivity (Wildman–Crippen MR) is 61.4 cm³/mol. The molecule has 18 heavy (non-hydrogen) atoms. The highest BCUT2D eigenvalue weighted by atomic mass is 19.5. The minimum atomic E-state index is -6.00. The zero-order valence-electron chi connectivity index (χ0n) is 9.73. The lowest BCUT2D eigenvalue weighted by molar-refractivity contribution is -0.709. The quantitative estimate of drug-likeness (QED) is 0.486. The van der Waals surface area contributed by atoms with Crippen molar-refractivity contribution in [3.63, 3.8) is 0 Å². The molecule has 1 atom stereocenters. The van der Waals surface area contributed by atoms with Crippen molar-refractivity contribution in [1.82, 2.24) is 4.98 Å². The van der Waals surface area contributed by atoms with Crippen molar-refractivity contribution in [3.8, 4) is 0 Å². The van der Waals surface area contributed by atoms with Gasteiger partial charge >= 0.3 is 7.25 Å². The molecule has 1 heterocycles. The number of halogens is 4. The lowest BCUT2D eigenvalue weighted by Gasteiger charge is -2.06. The van der Waals surface area contributed by atoms with Crippen molar-refractivity contribution < 1.29 is 21.8 Å². The van der Waals surface area contributed by atoms with Crippen LogP contribution in [0.15, 0.2) is 49.1 Å². The van der Waals surface area contributed by atoms with E-state index in [9.17, 15) is 17.3 Å². The summed E-state index contributed by atoms with van der Waals surface area (Å²) >= 11 is 0. The third-order valence-electron chi connectivity index (χ3n) is 2.30. The van der Waals surface area contributed by atoms with Crippen LogP contribution >= 0.6 is 0 Å². The number of benzene rings is 1. The summed E-state index contributed by atoms with van der Waals surface area (Å²) in [6.45, 7) is 2.18. The Hall–Kier alpha value is -1.79. The molecule has 1 aromatic heterocycles. The van der Waals surface area contributed by atoms with E-state index in [-0.39, 0.29) is 0 Å². The van der Waals surface area contributed by atoms with E-state index in [1.165, 1.54) is 5.56 Å². The van der Waals surface area contributed by atoms with Crippen LogP contribution in [-0.4, -0.2) is 12.2 Å². The number of nitrogens with zero attached hydrogens (tertiary/aromatic N) is 1. The fourth-order valence-electron chi connectivity index (χ4n) is 1.45. The molecule has 1 N–H and O–H groups in total. The first-order valence-electron chi connectivity index (χ1n) is 5.33. The average Bonchev–Trinajstić information content (AvgIpc) is 2.80. The van der Waals surface area contributed by atoms with Crippen LogP contribution in [0.3, 0.4) is 0 Å². The summed E-state index contributed by atoms with van der Waals surface area (Å²) in [5, 5.41) is 0. The van der Waals surface area contributed by atoms with Crippen LogP contribution < -0.4 is 4.57 Å². The molecule has 1 aromatic carbocycles. The number of aromatic amines is 1. The Morgan fingerprint density at radius 1 is 1.11 bits per heavy atom. The Morgan fingerprint density at radius 3 is 2.11 bits per heavy atom. The summed E-state index contributed by atoms with van der Waals surface area (Å²) in [7, 11) is -6.00. The maximum atomic E-state index is 9.75. The lowest BCUT2D eigenvalue weighted by atomic mass is 10.1. The Labute approximate surface area is 102 Å². The molecule has 0 saturated heterocycles. The average molecular weight is 260 g/mol. The summed E-state index contributed by atoms with van der Waals surface area (Å²) in [5.74, 6) is 0. The smallest absolute Gasteiger partial charge is 0.418 e. The van der Waals surface area contributed by atoms with Gasteiger partial charge in [0.05, 0.1) is 0 Å². The van der Waals surface area contributed by atoms with Crippen LogP contribution in [0.2, 0.25) is 0 Å². The molecule has 0 amide bonds. The van der Waals surface area contributed by atoms with Crippen LogP contribution in [0, 0.1) is 0 Å². The number of hydrogen-bond acceptors (Lipinski definition) is 0. The Balaban J connectivity index is 0.000000280. The van der Waals surface area contributed by atoms with E-state index in [2.05, 4.69) is 40.7 Å². The molecule has 98 valence electrons. The number of aromatic nitrogens is 2. The summed E-state index contributed by atoms with van der Waals surface area (Å²) in [5.41, 5.74) is 1.33. The normalized spacial score (nSPS) is 12.5. The molecule has 2 nitrogen and oxygen atoms in total. The van der Waals surface area contributed by atoms with Gasteiger partial charge in [-0.25, -0.2) is 4.57 Å². The second kappa shape index (κ2) is 6.23. The molecule has 0 aliphatic heterocycles. The Kier molecular flexibility index (Phi) is 4.94. The van der Waals surface area contributed by atoms with E-state index < -0.39 is 7.25 Å². The first kappa shape index (κ1) is 14.3. The number of nitrogens with one attached hydrogen (secondary N) is 1. The van der Waals surface area contributed by atoms with Gasteiger partial charge in [-0.05, 0) is 12.5 Å². The Morgan fingerprint density at radius 2 is 1.67 bits per heavy atom. The fourth-order valence-corrected chi connectivity index (χ4v) is 1.45. The van der Waals surface area contributed by atoms with Gasteiger partial charge < -0.3 is 17.3 Å². The number of imidazole rings is 1. The van der Waals surface area contributed by atoms with Crippen molar-refractivity contribution in [2.45, 2.75) is 13.0 Å². The van der Waals surface area contributed by atoms with Crippen molar-refractivity contribution >= 4 is 7.25 Å². The van der Waals surface area contributed by atoms with Crippen LogP contribution in [-0.2, 0) is 0 Å². The minimum Gasteiger partial charge on any atom is -0.418 e. The first-order chi connectivity index (χ1) is 8.38. The highest BCUT2D eigenvalue weighted by Gasteiger charge is 2.20. The summed E-state index contributed by atoms with van der Waals surface area (Å²) < 4.78 is 41.1. The minimum absolute atomic E-state index is 0.396. The van der Waals surface area contributed by atoms with Crippen molar-refractivity contribution in [2.24, 2.45) is 0 Å². The molecule has 0 aliphatic carbocycles. The molecule has 0 saturated carbocycles. The first-order valence-corrected chi connectivity index (χ1v) is 5.33. The summed E-state index contributed by atoms with van der Waals surface area (Å²) in [6, 6.07) is 10.9. The van der Waals surface area contributed by atoms with Crippen LogP contribution in [0.5, 0.6) is 0 Å². The molecular formula is C11H13BF4N2. The van der Waals surface area contributed by atoms with Gasteiger partial charge in [0.15, 0.2) is 0 Å². The summed E-state index contributed by atoms with van der Waals surface area (Å²) in [4.78, 5) is 3.04. The van der Waals surface area contributed by atoms with E-state index in [0.29, 0.717) is 6.04 Å². The van der Waals surface area contributed by atoms with Crippen LogP contribution in [0.4, 0.5) is 17.3 Å². The van der Waals surface area contributed by atoms with E-state index in [1.54, 1.807) is 0 Å². The second-order valence-corrected chi connectivity index (χ2v) is 3.64. The van der Waals surface area contributed by atoms with Crippen LogP contribution in [0.1, 0.15) is 18.5 Å². The third kappa shape index (κ3) is 5.52. The number of H-pyrrole nitrogens is 1. The topological polar surface area (TPSA) is 19.7 Å². The van der Waals surface area contributed by atoms with E-state index in [4.69, 9.17) is 0 Å². The predicted octanol–water partition coefficient (Wildman–Crippen LogP) is 3.21. The standard InChI is InChI=1S/C11H12N2.BF4/c1-10(13-8-7-12-9-13)11-5-3-2-4-6-11;2-1(3,4)5/h2-10H,1H3;/q;-1/p+1. The van der Waals surface area contributed by atoms with Crippen LogP contribution in [0.25, 0.3) is 0 Å². The van der Waals surface area contributed by atoms with Gasteiger partial charge in [0.1, 0.15) is 18.4 Å². The van der Waals surface area contributed by atoms with Gasteiger partial charge in [0, 0.05) is 0 Å². The fraction of sp³-hybridized carbons (Fsp3) is 0.182. The molecular weight excluding hydrogens is 247 g/mol. The molecule has 0 spiro atoms. The van der Waals surface area contributed by atoms with Gasteiger partial charge in [-0.3, -0.25) is 4.98 Å². The maximum absolute atomic E-state index is 9.75. The third-order valence-corrected chi connectivity index (χ3v) is 2.30. The zero-order chi connectivity index (χ0) is 13.6. The Bertz CT molecular complexity index is 436. The molecule has 2 aromatic rings. The number of hydrogen-bond donors (Lipinski definition) is 1. The van der Waals surface area contributed by atoms with Crippen molar-refractivity contribution in [2.75, 3.05) is 0 Å². The number of rotatable bonds is 2. The zero-order valence-corrected chi connectivity index (χ0v) is 9.73. The molecule has 1 unspecified atom stereocenters. The van der Waals surface area contributed by atoms with E-state index >= 15 is 0 Å². The molecule has 0 radical (unpaired) electrons. The van der Waals surface area contributed by atoms with Crippen molar-refractivity contribution in [3.05, 3.63) is 54.6 Å². The van der Waals surface area contributed by atoms with Gasteiger partial charge in [-0.15, -0.1) is 0 Å². The highest BCUT2D eigenvalue weighted by Crippen LogP contribution is 2.09. The molecule has 0 aliphatic rings. The summed E-state index contributed by atoms with van der Waals surface area (Å²) in [6.07, 6.45) is 5.94. The van der Waals surface area contributed by atoms with Gasteiger partial charge in [0.2, 0.25) is 6.33 Å².